The lowest BCUT2D eigenvalue weighted by molar-refractivity contribution is -0.175. The number of benzene rings is 2. The quantitative estimate of drug-likeness (QED) is 0.660. The second-order valence-corrected chi connectivity index (χ2v) is 9.46. The van der Waals surface area contributed by atoms with Crippen molar-refractivity contribution >= 4 is 17.4 Å². The Morgan fingerprint density at radius 1 is 1.12 bits per heavy atom. The van der Waals surface area contributed by atoms with Crippen LogP contribution in [0.3, 0.4) is 0 Å². The van der Waals surface area contributed by atoms with E-state index in [1.807, 2.05) is 0 Å². The first-order valence-corrected chi connectivity index (χ1v) is 10.8. The number of anilines is 1. The number of ketones is 1. The number of Topliss-reactive ketones (excluding diaryl/α,β-unsaturated/α-hetero) is 1. The monoisotopic (exact) mass is 460 g/mol. The summed E-state index contributed by atoms with van der Waals surface area (Å²) in [4.78, 5) is 25.0. The molecule has 2 aromatic carbocycles. The molecule has 3 saturated carbocycles. The Bertz CT molecular complexity index is 1130. The molecular weight excluding hydrogens is 437 g/mol. The maximum absolute atomic E-state index is 13.6. The molecule has 1 aliphatic heterocycles. The van der Waals surface area contributed by atoms with E-state index in [0.717, 1.165) is 12.1 Å². The van der Waals surface area contributed by atoms with Gasteiger partial charge >= 0.3 is 0 Å². The molecule has 0 radical (unpaired) electrons. The molecule has 0 spiro atoms. The number of hydrogen-bond acceptors (Lipinski definition) is 5. The molecule has 1 heterocycles. The Kier molecular flexibility index (Phi) is 5.02. The molecule has 2 aromatic rings. The molecule has 3 fully saturated rings. The number of amides is 1. The molecule has 4 aliphatic rings. The number of aryl methyl sites for hydroxylation is 1. The summed E-state index contributed by atoms with van der Waals surface area (Å²) in [5, 5.41) is 5.89. The van der Waals surface area contributed by atoms with Gasteiger partial charge in [0, 0.05) is 30.2 Å². The van der Waals surface area contributed by atoms with Crippen LogP contribution in [0, 0.1) is 29.8 Å². The molecule has 1 amide bonds. The van der Waals surface area contributed by atoms with Gasteiger partial charge in [-0.25, -0.2) is 13.2 Å². The zero-order valence-electron chi connectivity index (χ0n) is 18.0. The SMILES string of the molecule is Cc1ccc(OCC(=O)CC23CC(NC(=O)C4CNc5cc(F)c(F)cc5O4)(C2)C3)cc1F. The van der Waals surface area contributed by atoms with Gasteiger partial charge in [0.2, 0.25) is 0 Å². The molecule has 3 aliphatic carbocycles. The molecule has 2 bridgehead atoms. The second kappa shape index (κ2) is 7.67. The number of ether oxygens (including phenoxy) is 2. The van der Waals surface area contributed by atoms with Gasteiger partial charge in [-0.1, -0.05) is 6.07 Å². The third kappa shape index (κ3) is 4.00. The van der Waals surface area contributed by atoms with Crippen molar-refractivity contribution in [2.24, 2.45) is 5.41 Å². The fourth-order valence-corrected chi connectivity index (χ4v) is 5.26. The normalized spacial score (nSPS) is 26.6. The van der Waals surface area contributed by atoms with E-state index in [1.165, 1.54) is 6.07 Å². The Morgan fingerprint density at radius 2 is 1.85 bits per heavy atom. The minimum absolute atomic E-state index is 0.0683. The van der Waals surface area contributed by atoms with E-state index in [2.05, 4.69) is 10.6 Å². The van der Waals surface area contributed by atoms with Gasteiger partial charge in [-0.2, -0.15) is 0 Å². The van der Waals surface area contributed by atoms with E-state index in [1.54, 1.807) is 19.1 Å². The molecule has 9 heteroatoms. The molecule has 0 aromatic heterocycles. The largest absolute Gasteiger partial charge is 0.486 e. The Labute approximate surface area is 188 Å². The summed E-state index contributed by atoms with van der Waals surface area (Å²) in [6.07, 6.45) is 1.55. The van der Waals surface area contributed by atoms with Crippen molar-refractivity contribution in [2.75, 3.05) is 18.5 Å². The second-order valence-electron chi connectivity index (χ2n) is 9.46. The minimum atomic E-state index is -1.04. The number of rotatable bonds is 7. The van der Waals surface area contributed by atoms with Crippen LogP contribution in [-0.4, -0.2) is 36.5 Å². The highest BCUT2D eigenvalue weighted by atomic mass is 19.2. The maximum Gasteiger partial charge on any atom is 0.263 e. The lowest BCUT2D eigenvalue weighted by Gasteiger charge is -2.70. The fraction of sp³-hybridized carbons (Fsp3) is 0.417. The summed E-state index contributed by atoms with van der Waals surface area (Å²) >= 11 is 0. The summed E-state index contributed by atoms with van der Waals surface area (Å²) in [5.74, 6) is -2.40. The van der Waals surface area contributed by atoms with Crippen molar-refractivity contribution in [3.8, 4) is 11.5 Å². The van der Waals surface area contributed by atoms with Crippen molar-refractivity contribution in [2.45, 2.75) is 44.2 Å². The number of fused-ring (bicyclic) bond motifs is 1. The Hall–Kier alpha value is -3.23. The van der Waals surface area contributed by atoms with Crippen molar-refractivity contribution in [1.29, 1.82) is 0 Å². The number of nitrogens with one attached hydrogen (secondary N) is 2. The van der Waals surface area contributed by atoms with Crippen LogP contribution >= 0.6 is 0 Å². The maximum atomic E-state index is 13.6. The summed E-state index contributed by atoms with van der Waals surface area (Å²) in [6, 6.07) is 6.41. The topological polar surface area (TPSA) is 76.7 Å². The van der Waals surface area contributed by atoms with Gasteiger partial charge in [0.15, 0.2) is 23.5 Å². The number of carbonyl (C=O) groups excluding carboxylic acids is 2. The molecule has 6 nitrogen and oxygen atoms in total. The average Bonchev–Trinajstić information content (AvgIpc) is 2.72. The lowest BCUT2D eigenvalue weighted by atomic mass is 9.38. The third-order valence-electron chi connectivity index (χ3n) is 6.71. The van der Waals surface area contributed by atoms with Crippen LogP contribution in [0.25, 0.3) is 0 Å². The van der Waals surface area contributed by atoms with Gasteiger partial charge in [-0.3, -0.25) is 9.59 Å². The highest BCUT2D eigenvalue weighted by Crippen LogP contribution is 2.69. The number of halogens is 3. The highest BCUT2D eigenvalue weighted by Gasteiger charge is 2.68. The first kappa shape index (κ1) is 21.6. The molecule has 1 unspecified atom stereocenters. The van der Waals surface area contributed by atoms with Gasteiger partial charge in [0.05, 0.1) is 12.2 Å². The van der Waals surface area contributed by atoms with Crippen LogP contribution in [0.15, 0.2) is 30.3 Å². The lowest BCUT2D eigenvalue weighted by Crippen LogP contribution is -2.76. The first-order valence-electron chi connectivity index (χ1n) is 10.8. The number of hydrogen-bond donors (Lipinski definition) is 2. The predicted octanol–water partition coefficient (Wildman–Crippen LogP) is 3.66. The van der Waals surface area contributed by atoms with Gasteiger partial charge in [-0.15, -0.1) is 0 Å². The third-order valence-corrected chi connectivity index (χ3v) is 6.71. The van der Waals surface area contributed by atoms with E-state index in [4.69, 9.17) is 9.47 Å². The van der Waals surface area contributed by atoms with E-state index in [9.17, 15) is 22.8 Å². The van der Waals surface area contributed by atoms with Gasteiger partial charge in [-0.05, 0) is 43.2 Å². The fourth-order valence-electron chi connectivity index (χ4n) is 5.26. The minimum Gasteiger partial charge on any atom is -0.486 e. The van der Waals surface area contributed by atoms with E-state index >= 15 is 0 Å². The zero-order chi connectivity index (χ0) is 23.4. The zero-order valence-corrected chi connectivity index (χ0v) is 18.0. The Morgan fingerprint density at radius 3 is 2.58 bits per heavy atom. The smallest absolute Gasteiger partial charge is 0.263 e. The van der Waals surface area contributed by atoms with Crippen molar-refractivity contribution in [1.82, 2.24) is 5.32 Å². The molecule has 6 rings (SSSR count). The van der Waals surface area contributed by atoms with Gasteiger partial charge < -0.3 is 20.1 Å². The summed E-state index contributed by atoms with van der Waals surface area (Å²) in [5.41, 5.74) is 0.326. The predicted molar refractivity (Wildman–Crippen MR) is 113 cm³/mol. The molecule has 1 atom stereocenters. The number of carbonyl (C=O) groups is 2. The first-order chi connectivity index (χ1) is 15.7. The Balaban J connectivity index is 1.09. The molecule has 2 N–H and O–H groups in total. The molecule has 0 saturated heterocycles. The van der Waals surface area contributed by atoms with Crippen LogP contribution in [0.2, 0.25) is 0 Å². The van der Waals surface area contributed by atoms with E-state index in [0.29, 0.717) is 42.7 Å². The van der Waals surface area contributed by atoms with Crippen molar-refractivity contribution in [3.05, 3.63) is 53.3 Å². The molecular formula is C24H23F3N2O4. The van der Waals surface area contributed by atoms with E-state index in [-0.39, 0.29) is 47.4 Å². The van der Waals surface area contributed by atoms with Crippen molar-refractivity contribution < 1.29 is 32.2 Å². The summed E-state index contributed by atoms with van der Waals surface area (Å²) in [7, 11) is 0. The van der Waals surface area contributed by atoms with Crippen LogP contribution in [0.1, 0.15) is 31.2 Å². The highest BCUT2D eigenvalue weighted by molar-refractivity contribution is 5.85. The molecule has 174 valence electrons. The van der Waals surface area contributed by atoms with Crippen LogP contribution < -0.4 is 20.1 Å². The molecule has 33 heavy (non-hydrogen) atoms. The van der Waals surface area contributed by atoms with Crippen LogP contribution in [0.5, 0.6) is 11.5 Å². The van der Waals surface area contributed by atoms with Gasteiger partial charge in [0.25, 0.3) is 5.91 Å². The van der Waals surface area contributed by atoms with Crippen LogP contribution in [-0.2, 0) is 9.59 Å². The van der Waals surface area contributed by atoms with Gasteiger partial charge in [0.1, 0.15) is 23.9 Å². The average molecular weight is 460 g/mol. The van der Waals surface area contributed by atoms with Crippen molar-refractivity contribution in [3.63, 3.8) is 0 Å². The van der Waals surface area contributed by atoms with Crippen LogP contribution in [0.4, 0.5) is 18.9 Å². The van der Waals surface area contributed by atoms with E-state index < -0.39 is 17.7 Å². The standard InChI is InChI=1S/C24H23F3N2O4/c1-13-2-3-15(4-16(13)25)32-9-14(30)7-23-10-24(11-23,12-23)29-22(31)21-8-28-19-5-17(26)18(27)6-20(19)33-21/h2-6,21,28H,7-12H2,1H3,(H,29,31). The summed E-state index contributed by atoms with van der Waals surface area (Å²) < 4.78 is 51.4. The summed E-state index contributed by atoms with van der Waals surface area (Å²) in [6.45, 7) is 1.67.